The standard InChI is InChI=1S/C13H17BrN2O2S/c1-9-2-3-13(12(14)4-9)19(17,18)16-7-10-5-15-6-11(10)8-16/h2-4,10-11,15H,5-8H2,1H3. The molecule has 1 aromatic rings. The van der Waals surface area contributed by atoms with Crippen molar-refractivity contribution in [3.05, 3.63) is 28.2 Å². The molecule has 2 unspecified atom stereocenters. The third-order valence-corrected chi connectivity index (χ3v) is 6.87. The maximum Gasteiger partial charge on any atom is 0.244 e. The van der Waals surface area contributed by atoms with E-state index in [4.69, 9.17) is 0 Å². The number of hydrogen-bond donors (Lipinski definition) is 1. The van der Waals surface area contributed by atoms with Crippen LogP contribution in [-0.2, 0) is 10.0 Å². The van der Waals surface area contributed by atoms with E-state index >= 15 is 0 Å². The van der Waals surface area contributed by atoms with E-state index in [1.165, 1.54) is 0 Å². The molecular formula is C13H17BrN2O2S. The first-order valence-corrected chi connectivity index (χ1v) is 8.69. The molecule has 2 saturated heterocycles. The van der Waals surface area contributed by atoms with E-state index in [-0.39, 0.29) is 0 Å². The van der Waals surface area contributed by atoms with Crippen molar-refractivity contribution in [1.82, 2.24) is 9.62 Å². The molecule has 6 heteroatoms. The van der Waals surface area contributed by atoms with Crippen LogP contribution in [-0.4, -0.2) is 38.9 Å². The summed E-state index contributed by atoms with van der Waals surface area (Å²) >= 11 is 3.37. The molecule has 0 saturated carbocycles. The van der Waals surface area contributed by atoms with Crippen LogP contribution in [0.5, 0.6) is 0 Å². The zero-order chi connectivity index (χ0) is 13.6. The second-order valence-corrected chi connectivity index (χ2v) is 8.19. The smallest absolute Gasteiger partial charge is 0.244 e. The Morgan fingerprint density at radius 1 is 1.26 bits per heavy atom. The molecule has 104 valence electrons. The van der Waals surface area contributed by atoms with Crippen LogP contribution in [0, 0.1) is 18.8 Å². The summed E-state index contributed by atoms with van der Waals surface area (Å²) in [6, 6.07) is 5.39. The van der Waals surface area contributed by atoms with E-state index < -0.39 is 10.0 Å². The largest absolute Gasteiger partial charge is 0.316 e. The number of aryl methyl sites for hydroxylation is 1. The first-order chi connectivity index (χ1) is 8.98. The third-order valence-electron chi connectivity index (χ3n) is 4.06. The van der Waals surface area contributed by atoms with Crippen LogP contribution in [0.3, 0.4) is 0 Å². The average Bonchev–Trinajstić information content (AvgIpc) is 2.87. The normalized spacial score (nSPS) is 27.7. The number of benzene rings is 1. The summed E-state index contributed by atoms with van der Waals surface area (Å²) < 4.78 is 27.6. The average molecular weight is 345 g/mol. The van der Waals surface area contributed by atoms with E-state index in [1.54, 1.807) is 10.4 Å². The second-order valence-electron chi connectivity index (χ2n) is 5.43. The van der Waals surface area contributed by atoms with E-state index in [0.717, 1.165) is 18.7 Å². The first-order valence-electron chi connectivity index (χ1n) is 6.45. The van der Waals surface area contributed by atoms with Gasteiger partial charge in [0.25, 0.3) is 0 Å². The number of hydrogen-bond acceptors (Lipinski definition) is 3. The van der Waals surface area contributed by atoms with Gasteiger partial charge < -0.3 is 5.32 Å². The van der Waals surface area contributed by atoms with Gasteiger partial charge in [-0.1, -0.05) is 6.07 Å². The molecule has 0 aliphatic carbocycles. The molecule has 2 aliphatic heterocycles. The molecule has 1 N–H and O–H groups in total. The quantitative estimate of drug-likeness (QED) is 0.886. The van der Waals surface area contributed by atoms with Crippen molar-refractivity contribution in [3.63, 3.8) is 0 Å². The lowest BCUT2D eigenvalue weighted by molar-refractivity contribution is 0.447. The number of fused-ring (bicyclic) bond motifs is 1. The second kappa shape index (κ2) is 4.84. The summed E-state index contributed by atoms with van der Waals surface area (Å²) in [5.41, 5.74) is 1.05. The van der Waals surface area contributed by atoms with Crippen LogP contribution < -0.4 is 5.32 Å². The summed E-state index contributed by atoms with van der Waals surface area (Å²) in [6.45, 7) is 5.10. The Morgan fingerprint density at radius 2 is 1.89 bits per heavy atom. The fourth-order valence-electron chi connectivity index (χ4n) is 2.96. The van der Waals surface area contributed by atoms with Crippen LogP contribution in [0.15, 0.2) is 27.6 Å². The predicted molar refractivity (Wildman–Crippen MR) is 77.5 cm³/mol. The maximum atomic E-state index is 12.7. The summed E-state index contributed by atoms with van der Waals surface area (Å²) in [5.74, 6) is 0.943. The Bertz CT molecular complexity index is 591. The highest BCUT2D eigenvalue weighted by molar-refractivity contribution is 9.10. The van der Waals surface area contributed by atoms with E-state index in [1.807, 2.05) is 19.1 Å². The Kier molecular flexibility index (Phi) is 3.45. The van der Waals surface area contributed by atoms with Gasteiger partial charge in [-0.25, -0.2) is 8.42 Å². The van der Waals surface area contributed by atoms with Gasteiger partial charge in [-0.05, 0) is 65.5 Å². The van der Waals surface area contributed by atoms with Gasteiger partial charge >= 0.3 is 0 Å². The SMILES string of the molecule is Cc1ccc(S(=O)(=O)N2CC3CNCC3C2)c(Br)c1. The monoisotopic (exact) mass is 344 g/mol. The minimum Gasteiger partial charge on any atom is -0.316 e. The molecule has 19 heavy (non-hydrogen) atoms. The molecule has 2 heterocycles. The van der Waals surface area contributed by atoms with E-state index in [2.05, 4.69) is 21.2 Å². The Balaban J connectivity index is 1.91. The van der Waals surface area contributed by atoms with Gasteiger partial charge in [-0.3, -0.25) is 0 Å². The minimum atomic E-state index is -3.37. The van der Waals surface area contributed by atoms with Gasteiger partial charge in [-0.2, -0.15) is 4.31 Å². The summed E-state index contributed by atoms with van der Waals surface area (Å²) in [6.07, 6.45) is 0. The molecule has 4 nitrogen and oxygen atoms in total. The number of sulfonamides is 1. The molecule has 0 spiro atoms. The summed E-state index contributed by atoms with van der Waals surface area (Å²) in [5, 5.41) is 3.32. The highest BCUT2D eigenvalue weighted by Crippen LogP contribution is 2.33. The molecular weight excluding hydrogens is 328 g/mol. The lowest BCUT2D eigenvalue weighted by atomic mass is 10.0. The number of rotatable bonds is 2. The lowest BCUT2D eigenvalue weighted by Gasteiger charge is -2.18. The van der Waals surface area contributed by atoms with Crippen molar-refractivity contribution < 1.29 is 8.42 Å². The Labute approximate surface area is 122 Å². The van der Waals surface area contributed by atoms with Gasteiger partial charge in [0.15, 0.2) is 0 Å². The van der Waals surface area contributed by atoms with Crippen LogP contribution in [0.2, 0.25) is 0 Å². The fraction of sp³-hybridized carbons (Fsp3) is 0.538. The van der Waals surface area contributed by atoms with Crippen molar-refractivity contribution >= 4 is 26.0 Å². The highest BCUT2D eigenvalue weighted by Gasteiger charge is 2.41. The van der Waals surface area contributed by atoms with Crippen molar-refractivity contribution in [2.75, 3.05) is 26.2 Å². The number of nitrogens with zero attached hydrogens (tertiary/aromatic N) is 1. The lowest BCUT2D eigenvalue weighted by Crippen LogP contribution is -2.32. The van der Waals surface area contributed by atoms with Gasteiger partial charge in [0.2, 0.25) is 10.0 Å². The fourth-order valence-corrected chi connectivity index (χ4v) is 5.67. The molecule has 0 aromatic heterocycles. The summed E-state index contributed by atoms with van der Waals surface area (Å²) in [7, 11) is -3.37. The highest BCUT2D eigenvalue weighted by atomic mass is 79.9. The molecule has 0 radical (unpaired) electrons. The third kappa shape index (κ3) is 2.35. The van der Waals surface area contributed by atoms with Gasteiger partial charge in [0.05, 0.1) is 4.90 Å². The van der Waals surface area contributed by atoms with Crippen LogP contribution in [0.1, 0.15) is 5.56 Å². The van der Waals surface area contributed by atoms with Crippen molar-refractivity contribution in [3.8, 4) is 0 Å². The molecule has 1 aromatic carbocycles. The van der Waals surface area contributed by atoms with Gasteiger partial charge in [-0.15, -0.1) is 0 Å². The van der Waals surface area contributed by atoms with Crippen molar-refractivity contribution in [2.24, 2.45) is 11.8 Å². The Morgan fingerprint density at radius 3 is 2.47 bits per heavy atom. The molecule has 0 bridgehead atoms. The number of halogens is 1. The molecule has 2 aliphatic rings. The predicted octanol–water partition coefficient (Wildman–Crippen LogP) is 1.60. The van der Waals surface area contributed by atoms with Gasteiger partial charge in [0, 0.05) is 17.6 Å². The van der Waals surface area contributed by atoms with Crippen LogP contribution in [0.4, 0.5) is 0 Å². The van der Waals surface area contributed by atoms with Crippen LogP contribution >= 0.6 is 15.9 Å². The van der Waals surface area contributed by atoms with Crippen molar-refractivity contribution in [2.45, 2.75) is 11.8 Å². The van der Waals surface area contributed by atoms with E-state index in [0.29, 0.717) is 34.3 Å². The van der Waals surface area contributed by atoms with Crippen molar-refractivity contribution in [1.29, 1.82) is 0 Å². The molecule has 2 fully saturated rings. The van der Waals surface area contributed by atoms with Gasteiger partial charge in [0.1, 0.15) is 0 Å². The molecule has 2 atom stereocenters. The number of nitrogens with one attached hydrogen (secondary N) is 1. The first kappa shape index (κ1) is 13.5. The topological polar surface area (TPSA) is 49.4 Å². The van der Waals surface area contributed by atoms with E-state index in [9.17, 15) is 8.42 Å². The maximum absolute atomic E-state index is 12.7. The molecule has 0 amide bonds. The minimum absolute atomic E-state index is 0.381. The zero-order valence-electron chi connectivity index (χ0n) is 10.8. The molecule has 3 rings (SSSR count). The summed E-state index contributed by atoms with van der Waals surface area (Å²) in [4.78, 5) is 0.381. The Hall–Kier alpha value is -0.430. The van der Waals surface area contributed by atoms with Crippen LogP contribution in [0.25, 0.3) is 0 Å². The zero-order valence-corrected chi connectivity index (χ0v) is 13.2.